The Morgan fingerprint density at radius 2 is 1.17 bits per heavy atom. The number of halogens is 7. The summed E-state index contributed by atoms with van der Waals surface area (Å²) < 4.78 is 18.5. The minimum atomic E-state index is -0.867. The van der Waals surface area contributed by atoms with Gasteiger partial charge in [0.2, 0.25) is 17.3 Å². The van der Waals surface area contributed by atoms with Crippen LogP contribution in [0, 0.1) is 22.7 Å². The van der Waals surface area contributed by atoms with Gasteiger partial charge in [0.05, 0.1) is 34.7 Å². The van der Waals surface area contributed by atoms with Crippen LogP contribution in [0.4, 0.5) is 0 Å². The fourth-order valence-electron chi connectivity index (χ4n) is 5.02. The van der Waals surface area contributed by atoms with Crippen LogP contribution >= 0.6 is 86.9 Å². The van der Waals surface area contributed by atoms with E-state index >= 15 is 0 Å². The summed E-state index contributed by atoms with van der Waals surface area (Å²) in [7, 11) is 1.31. The molecule has 4 aromatic heterocycles. The molecule has 0 amide bonds. The van der Waals surface area contributed by atoms with Gasteiger partial charge in [-0.3, -0.25) is 24.4 Å². The Bertz CT molecular complexity index is 2980. The zero-order valence-corrected chi connectivity index (χ0v) is 44.8. The van der Waals surface area contributed by atoms with Crippen molar-refractivity contribution in [3.8, 4) is 52.4 Å². The number of ether oxygens (including phenoxy) is 3. The number of nitrogens with zero attached hydrogens (tertiary/aromatic N) is 7. The molecule has 0 aliphatic heterocycles. The number of benzene rings is 2. The molecule has 0 saturated carbocycles. The summed E-state index contributed by atoms with van der Waals surface area (Å²) in [5, 5.41) is 25.7. The minimum absolute atomic E-state index is 0. The van der Waals surface area contributed by atoms with Crippen molar-refractivity contribution in [2.75, 3.05) is 7.11 Å². The van der Waals surface area contributed by atoms with E-state index in [4.69, 9.17) is 47.9 Å². The van der Waals surface area contributed by atoms with Crippen LogP contribution in [-0.4, -0.2) is 46.6 Å². The average Bonchev–Trinajstić information content (AvgIpc) is 3.23. The molecule has 18 nitrogen and oxygen atoms in total. The SMILES string of the molecule is C.C.CC(C)c1cc(Oc2ccc(-n3nc(C#N)c(=O)[nH]c3=O)cc2Cl)c[nH]c1=O.COc1ncc(Oc2ccc(-n3nc(C#N)c(=O)[nH]c3=O)cc2Cl)cc1C(C)C.I[I-]I(I)I. The van der Waals surface area contributed by atoms with E-state index in [2.05, 4.69) is 76.0 Å². The number of pyridine rings is 2. The topological polar surface area (TPSA) is 257 Å². The van der Waals surface area contributed by atoms with Crippen LogP contribution < -0.4 is 55.5 Å². The number of aromatic nitrogens is 8. The molecule has 342 valence electrons. The molecule has 0 fully saturated rings. The summed E-state index contributed by atoms with van der Waals surface area (Å²) in [6, 6.07) is 15.6. The first-order valence-corrected chi connectivity index (χ1v) is 43.1. The van der Waals surface area contributed by atoms with Crippen molar-refractivity contribution in [3.05, 3.63) is 146 Å². The third kappa shape index (κ3) is 15.2. The van der Waals surface area contributed by atoms with Crippen LogP contribution in [-0.2, 0) is 0 Å². The summed E-state index contributed by atoms with van der Waals surface area (Å²) >= 11 is 20.9. The number of hydrogen-bond donors (Lipinski definition) is 3. The van der Waals surface area contributed by atoms with Gasteiger partial charge in [0.25, 0.3) is 16.7 Å². The number of rotatable bonds is 10. The molecule has 0 saturated heterocycles. The predicted molar refractivity (Wildman–Crippen MR) is 276 cm³/mol. The Hall–Kier alpha value is -3.63. The van der Waals surface area contributed by atoms with E-state index in [0.717, 1.165) is 14.9 Å². The zero-order valence-electron chi connectivity index (χ0n) is 32.5. The van der Waals surface area contributed by atoms with Gasteiger partial charge in [-0.15, -0.1) is 10.2 Å². The van der Waals surface area contributed by atoms with Crippen LogP contribution in [0.15, 0.2) is 84.9 Å². The van der Waals surface area contributed by atoms with E-state index in [1.54, 1.807) is 31.4 Å². The summed E-state index contributed by atoms with van der Waals surface area (Å²) in [4.78, 5) is 69.6. The van der Waals surface area contributed by atoms with Crippen molar-refractivity contribution in [2.24, 2.45) is 0 Å². The molecular formula is C39H38Cl2I5N10O8-. The molecular weight excluding hydrogens is 1440 g/mol. The third-order valence-electron chi connectivity index (χ3n) is 7.88. The van der Waals surface area contributed by atoms with Crippen LogP contribution in [0.3, 0.4) is 0 Å². The summed E-state index contributed by atoms with van der Waals surface area (Å²) in [6.07, 6.45) is 2.94. The van der Waals surface area contributed by atoms with Crippen molar-refractivity contribution in [3.63, 3.8) is 0 Å². The van der Waals surface area contributed by atoms with E-state index in [-0.39, 0.29) is 67.3 Å². The molecule has 2 aromatic carbocycles. The van der Waals surface area contributed by atoms with Crippen LogP contribution in [0.1, 0.15) is 76.9 Å². The molecule has 0 bridgehead atoms. The van der Waals surface area contributed by atoms with E-state index < -0.39 is 33.9 Å². The number of hydrogen-bond acceptors (Lipinski definition) is 13. The van der Waals surface area contributed by atoms with Crippen LogP contribution in [0.5, 0.6) is 28.9 Å². The van der Waals surface area contributed by atoms with Crippen molar-refractivity contribution < 1.29 is 27.5 Å². The molecule has 64 heavy (non-hydrogen) atoms. The Morgan fingerprint density at radius 3 is 1.56 bits per heavy atom. The van der Waals surface area contributed by atoms with Crippen molar-refractivity contribution in [2.45, 2.75) is 54.4 Å². The molecule has 0 radical (unpaired) electrons. The van der Waals surface area contributed by atoms with Gasteiger partial charge in [0, 0.05) is 17.3 Å². The Morgan fingerprint density at radius 1 is 0.734 bits per heavy atom. The summed E-state index contributed by atoms with van der Waals surface area (Å²) in [5.74, 6) is 2.18. The second-order valence-electron chi connectivity index (χ2n) is 12.6. The van der Waals surface area contributed by atoms with Gasteiger partial charge >= 0.3 is 88.4 Å². The maximum atomic E-state index is 12.0. The van der Waals surface area contributed by atoms with E-state index in [1.165, 1.54) is 42.7 Å². The van der Waals surface area contributed by atoms with Gasteiger partial charge in [0.1, 0.15) is 35.1 Å². The second kappa shape index (κ2) is 26.5. The number of H-pyrrole nitrogens is 3. The summed E-state index contributed by atoms with van der Waals surface area (Å²) in [6.45, 7) is 7.80. The summed E-state index contributed by atoms with van der Waals surface area (Å²) in [5.41, 5.74) is -2.46. The van der Waals surface area contributed by atoms with Crippen LogP contribution in [0.25, 0.3) is 11.4 Å². The number of nitrogens with one attached hydrogen (secondary N) is 3. The molecule has 0 aliphatic carbocycles. The van der Waals surface area contributed by atoms with Crippen molar-refractivity contribution in [1.82, 2.24) is 39.5 Å². The van der Waals surface area contributed by atoms with E-state index in [9.17, 15) is 24.0 Å². The van der Waals surface area contributed by atoms with E-state index in [1.807, 2.05) is 43.7 Å². The fraction of sp³-hybridized carbons (Fsp3) is 0.231. The molecule has 0 atom stereocenters. The molecule has 3 N–H and O–H groups in total. The van der Waals surface area contributed by atoms with Gasteiger partial charge in [0.15, 0.2) is 0 Å². The van der Waals surface area contributed by atoms with Crippen molar-refractivity contribution in [1.29, 1.82) is 10.5 Å². The first-order valence-electron chi connectivity index (χ1n) is 17.2. The Balaban J connectivity index is 0.000000387. The fourth-order valence-corrected chi connectivity index (χ4v) is 5.44. The molecule has 4 heterocycles. The molecule has 6 aromatic rings. The van der Waals surface area contributed by atoms with E-state index in [0.29, 0.717) is 41.9 Å². The number of nitriles is 2. The predicted octanol–water partition coefficient (Wildman–Crippen LogP) is 6.63. The van der Waals surface area contributed by atoms with Gasteiger partial charge in [-0.25, -0.2) is 14.6 Å². The quantitative estimate of drug-likeness (QED) is 0.122. The zero-order chi connectivity index (χ0) is 45.8. The van der Waals surface area contributed by atoms with Gasteiger partial charge < -0.3 is 19.2 Å². The second-order valence-corrected chi connectivity index (χ2v) is 78.4. The number of aromatic amines is 3. The number of methoxy groups -OCH3 is 1. The normalized spacial score (nSPS) is 10.4. The molecule has 25 heteroatoms. The average molecular weight is 1480 g/mol. The molecule has 0 spiro atoms. The van der Waals surface area contributed by atoms with Crippen LogP contribution in [0.2, 0.25) is 10.0 Å². The first kappa shape index (κ1) is 56.5. The molecule has 6 rings (SSSR count). The standard InChI is InChI=1S/C19H16ClN5O4.C18H14ClN5O4.2CH4.I5/c1-10(2)13-7-12(9-22-18(13)28-3)29-16-5-4-11(6-14(16)20)25-19(27)23-17(26)15(8-21)24-25;1-9(2)12-6-11(8-21-16(12)25)28-15-4-3-10(5-13(15)19)24-18(27)22-17(26)14(7-20)23-24;;;1-4-5(2)3/h4-7,9-10H,1-3H3,(H,23,26,27);3-6,8-9H,1-2H3,(H,21,25)(H,22,26,27);2*1H4;/q;;;;-1. The third-order valence-corrected chi connectivity index (χ3v) is 91.1. The first-order chi connectivity index (χ1) is 29.4. The monoisotopic (exact) mass is 1480 g/mol. The molecule has 0 unspecified atom stereocenters. The van der Waals surface area contributed by atoms with Gasteiger partial charge in [-0.05, 0) is 60.4 Å². The van der Waals surface area contributed by atoms with Gasteiger partial charge in [-0.1, -0.05) is 65.8 Å². The Kier molecular flexibility index (Phi) is 23.4. The maximum absolute atomic E-state index is 12.0. The Labute approximate surface area is 418 Å². The van der Waals surface area contributed by atoms with Gasteiger partial charge in [-0.2, -0.15) is 19.9 Å². The van der Waals surface area contributed by atoms with Crippen molar-refractivity contribution >= 4 is 86.9 Å². The molecule has 0 aliphatic rings.